The minimum Gasteiger partial charge on any atom is -0.491 e. The van der Waals surface area contributed by atoms with Gasteiger partial charge in [0.25, 0.3) is 0 Å². The maximum atomic E-state index is 13.1. The summed E-state index contributed by atoms with van der Waals surface area (Å²) in [6.07, 6.45) is 2.72. The fraction of sp³-hybridized carbons (Fsp3) is 0.519. The molecule has 1 aromatic carbocycles. The molecule has 210 valence electrons. The predicted octanol–water partition coefficient (Wildman–Crippen LogP) is 5.41. The summed E-state index contributed by atoms with van der Waals surface area (Å²) in [5.74, 6) is 1.75. The summed E-state index contributed by atoms with van der Waals surface area (Å²) >= 11 is 0. The first-order chi connectivity index (χ1) is 19.7. The lowest BCUT2D eigenvalue weighted by Gasteiger charge is -2.24. The minimum absolute atomic E-state index is 0.0708. The van der Waals surface area contributed by atoms with Gasteiger partial charge in [0.05, 0.1) is 28.3 Å². The van der Waals surface area contributed by atoms with Crippen LogP contribution in [0, 0.1) is 6.57 Å². The number of hydrogen-bond donors (Lipinski definition) is 1. The number of anilines is 2. The number of nitrogens with one attached hydrogen (secondary N) is 1. The van der Waals surface area contributed by atoms with Gasteiger partial charge in [0, 0.05) is 20.1 Å². The van der Waals surface area contributed by atoms with E-state index in [0.29, 0.717) is 29.5 Å². The highest BCUT2D eigenvalue weighted by Crippen LogP contribution is 2.46. The topological polar surface area (TPSA) is 107 Å². The zero-order valence-electron chi connectivity index (χ0n) is 24.1. The molecule has 12 heteroatoms. The van der Waals surface area contributed by atoms with Crippen molar-refractivity contribution in [3.8, 4) is 17.2 Å². The van der Waals surface area contributed by atoms with Crippen LogP contribution in [0.1, 0.15) is 41.6 Å². The lowest BCUT2D eigenvalue weighted by molar-refractivity contribution is -0.0511. The fourth-order valence-corrected chi connectivity index (χ4v) is 5.27. The molecule has 2 aromatic rings. The van der Waals surface area contributed by atoms with Crippen molar-refractivity contribution < 1.29 is 30.7 Å². The lowest BCUT2D eigenvalue weighted by atomic mass is 10.1. The second kappa shape index (κ2) is 13.9. The Balaban J connectivity index is 1.46. The number of unbranched alkanes of at least 4 members (excludes halogenated alkanes) is 1. The quantitative estimate of drug-likeness (QED) is 0.120. The summed E-state index contributed by atoms with van der Waals surface area (Å²) < 4.78 is 51.0. The van der Waals surface area contributed by atoms with E-state index in [1.807, 2.05) is 19.1 Å². The van der Waals surface area contributed by atoms with Gasteiger partial charge >= 0.3 is 5.69 Å². The van der Waals surface area contributed by atoms with E-state index in [1.165, 1.54) is 10.8 Å². The summed E-state index contributed by atoms with van der Waals surface area (Å²) in [5, 5.41) is 3.18. The summed E-state index contributed by atoms with van der Waals surface area (Å²) in [6.45, 7) is 15.5. The summed E-state index contributed by atoms with van der Waals surface area (Å²) in [6, 6.07) is 5.47. The van der Waals surface area contributed by atoms with Gasteiger partial charge in [-0.1, -0.05) is 11.6 Å². The molecule has 0 saturated carbocycles. The van der Waals surface area contributed by atoms with Crippen LogP contribution in [0.2, 0.25) is 0 Å². The van der Waals surface area contributed by atoms with E-state index in [9.17, 15) is 4.79 Å². The maximum absolute atomic E-state index is 13.1. The van der Waals surface area contributed by atoms with Crippen molar-refractivity contribution in [3.05, 3.63) is 58.4 Å². The molecule has 2 aliphatic heterocycles. The van der Waals surface area contributed by atoms with Crippen LogP contribution in [0.3, 0.4) is 0 Å². The van der Waals surface area contributed by atoms with Gasteiger partial charge in [0.1, 0.15) is 30.4 Å². The number of para-hydroxylation sites is 1. The van der Waals surface area contributed by atoms with E-state index < -0.39 is 39.6 Å². The van der Waals surface area contributed by atoms with Gasteiger partial charge in [0.2, 0.25) is 6.54 Å². The molecule has 39 heavy (non-hydrogen) atoms. The standard InChI is InChI=1S/C27H35N4O7P/c1-18(2)9-6-7-13-34-19-10-8-11-20-25(19)29-26-22(36-20)16-31(27(32)30-26)24-15-21(23(37-24)17-33-4)38-39(5)35-14-12-28-3/h8,10-11,16,21,23-24H,1,6-7,9,12-15,17H2,2,4-5H3,(H,29,30,32)/t21?,23-,24-,39?/m1/s1/i4TD/t4?,21?,23-,24-,39?. The number of allylic oxidation sites excluding steroid dienone is 1. The second-order valence-corrected chi connectivity index (χ2v) is 10.6. The normalized spacial score (nSPS) is 21.7. The van der Waals surface area contributed by atoms with Crippen LogP contribution in [0.5, 0.6) is 17.2 Å². The molecule has 1 N–H and O–H groups in total. The first-order valence-corrected chi connectivity index (χ1v) is 14.3. The summed E-state index contributed by atoms with van der Waals surface area (Å²) in [5.41, 5.74) is 1.19. The molecule has 0 radical (unpaired) electrons. The van der Waals surface area contributed by atoms with Gasteiger partial charge < -0.3 is 38.2 Å². The maximum Gasteiger partial charge on any atom is 0.351 e. The Labute approximate surface area is 232 Å². The Morgan fingerprint density at radius 3 is 3.10 bits per heavy atom. The number of nitrogens with zero attached hydrogens (tertiary/aromatic N) is 3. The Kier molecular flexibility index (Phi) is 9.33. The van der Waals surface area contributed by atoms with Gasteiger partial charge in [-0.25, -0.2) is 11.4 Å². The zero-order valence-corrected chi connectivity index (χ0v) is 23.0. The van der Waals surface area contributed by atoms with Crippen LogP contribution < -0.4 is 20.5 Å². The van der Waals surface area contributed by atoms with Gasteiger partial charge in [0.15, 0.2) is 25.7 Å². The largest absolute Gasteiger partial charge is 0.491 e. The monoisotopic (exact) mass is 561 g/mol. The molecule has 1 aromatic heterocycles. The number of fused-ring (bicyclic) bond motifs is 2. The Morgan fingerprint density at radius 2 is 2.31 bits per heavy atom. The van der Waals surface area contributed by atoms with E-state index in [0.717, 1.165) is 24.8 Å². The zero-order chi connectivity index (χ0) is 29.4. The highest BCUT2D eigenvalue weighted by Gasteiger charge is 2.39. The van der Waals surface area contributed by atoms with Crippen molar-refractivity contribution in [2.24, 2.45) is 0 Å². The second-order valence-electron chi connectivity index (χ2n) is 9.26. The fourth-order valence-electron chi connectivity index (χ4n) is 4.27. The van der Waals surface area contributed by atoms with Crippen LogP contribution >= 0.6 is 8.38 Å². The average Bonchev–Trinajstić information content (AvgIpc) is 3.32. The van der Waals surface area contributed by atoms with E-state index in [2.05, 4.69) is 21.7 Å². The van der Waals surface area contributed by atoms with Gasteiger partial charge in [-0.2, -0.15) is 4.98 Å². The molecular formula is C27H35N4O7P. The highest BCUT2D eigenvalue weighted by molar-refractivity contribution is 7.46. The number of benzene rings is 1. The number of rotatable bonds is 14. The van der Waals surface area contributed by atoms with Crippen molar-refractivity contribution in [3.63, 3.8) is 0 Å². The molecule has 1 saturated heterocycles. The smallest absolute Gasteiger partial charge is 0.351 e. The van der Waals surface area contributed by atoms with E-state index in [-0.39, 0.29) is 32.0 Å². The third-order valence-electron chi connectivity index (χ3n) is 6.14. The average molecular weight is 562 g/mol. The SMILES string of the molecule is [2H]C([3H])OC[C@H]1O[C@@H](n2cc3c(nc2=O)Nc2c(OCCCCC(=C)C)cccc2O3)CC1OP(C)OCC[N+]#[C-]. The molecule has 0 aliphatic carbocycles. The number of hydrogen-bond acceptors (Lipinski definition) is 9. The molecule has 3 heterocycles. The summed E-state index contributed by atoms with van der Waals surface area (Å²) in [4.78, 5) is 20.6. The molecule has 0 bridgehead atoms. The third kappa shape index (κ3) is 7.56. The van der Waals surface area contributed by atoms with Crippen molar-refractivity contribution in [1.29, 1.82) is 0 Å². The predicted molar refractivity (Wildman–Crippen MR) is 148 cm³/mol. The molecule has 5 atom stereocenters. The van der Waals surface area contributed by atoms with Gasteiger partial charge in [-0.05, 0) is 38.3 Å². The Morgan fingerprint density at radius 1 is 1.44 bits per heavy atom. The number of ether oxygens (including phenoxy) is 4. The molecule has 1 fully saturated rings. The van der Waals surface area contributed by atoms with E-state index >= 15 is 0 Å². The molecular weight excluding hydrogens is 523 g/mol. The first kappa shape index (κ1) is 26.2. The van der Waals surface area contributed by atoms with Crippen LogP contribution in [-0.2, 0) is 18.5 Å². The van der Waals surface area contributed by atoms with Crippen molar-refractivity contribution in [1.82, 2.24) is 9.55 Å². The van der Waals surface area contributed by atoms with Crippen molar-refractivity contribution in [2.45, 2.75) is 51.0 Å². The Hall–Kier alpha value is -3.00. The third-order valence-corrected chi connectivity index (χ3v) is 7.25. The Bertz CT molecular complexity index is 1310. The number of methoxy groups -OCH3 is 1. The van der Waals surface area contributed by atoms with Crippen LogP contribution in [-0.4, -0.2) is 61.9 Å². The first-order valence-electron chi connectivity index (χ1n) is 13.9. The molecule has 4 rings (SSSR count). The molecule has 0 amide bonds. The lowest BCUT2D eigenvalue weighted by Crippen LogP contribution is -2.29. The molecule has 11 nitrogen and oxygen atoms in total. The highest BCUT2D eigenvalue weighted by atomic mass is 31.2. The minimum atomic E-state index is -1.49. The van der Waals surface area contributed by atoms with E-state index in [1.54, 1.807) is 12.7 Å². The number of aromatic nitrogens is 2. The van der Waals surface area contributed by atoms with Gasteiger partial charge in [-0.3, -0.25) is 4.57 Å². The molecule has 2 aliphatic rings. The van der Waals surface area contributed by atoms with Gasteiger partial charge in [-0.15, -0.1) is 6.58 Å². The van der Waals surface area contributed by atoms with Crippen molar-refractivity contribution in [2.75, 3.05) is 45.4 Å². The van der Waals surface area contributed by atoms with Crippen LogP contribution in [0.25, 0.3) is 4.85 Å². The molecule has 3 unspecified atom stereocenters. The van der Waals surface area contributed by atoms with Crippen LogP contribution in [0.4, 0.5) is 11.5 Å². The van der Waals surface area contributed by atoms with Crippen molar-refractivity contribution >= 4 is 19.9 Å². The van der Waals surface area contributed by atoms with Crippen LogP contribution in [0.15, 0.2) is 41.3 Å². The van der Waals surface area contributed by atoms with E-state index in [4.69, 9.17) is 37.3 Å². The summed E-state index contributed by atoms with van der Waals surface area (Å²) in [7, 11) is -2.82. The molecule has 0 spiro atoms.